The van der Waals surface area contributed by atoms with Gasteiger partial charge in [-0.05, 0) is 94.5 Å². The third kappa shape index (κ3) is 2.39. The van der Waals surface area contributed by atoms with Gasteiger partial charge in [0.05, 0.1) is 0 Å². The fourth-order valence-electron chi connectivity index (χ4n) is 8.31. The number of fused-ring (bicyclic) bond motifs is 2. The molecule has 0 unspecified atom stereocenters. The van der Waals surface area contributed by atoms with Gasteiger partial charge in [0.25, 0.3) is 0 Å². The molecule has 0 aliphatic carbocycles. The molecule has 0 aromatic heterocycles. The van der Waals surface area contributed by atoms with E-state index in [4.69, 9.17) is 4.74 Å². The highest BCUT2D eigenvalue weighted by Crippen LogP contribution is 2.30. The summed E-state index contributed by atoms with van der Waals surface area (Å²) in [6.45, 7) is 0.565. The second kappa shape index (κ2) is 6.47. The Bertz CT molecular complexity index is 1750. The number of ether oxygens (including phenoxy) is 1. The van der Waals surface area contributed by atoms with Crippen molar-refractivity contribution in [3.8, 4) is 11.5 Å². The molecule has 0 saturated heterocycles. The van der Waals surface area contributed by atoms with Crippen LogP contribution in [0.2, 0.25) is 0 Å². The molecular formula is C34H22B2O. The van der Waals surface area contributed by atoms with Crippen LogP contribution in [0.4, 0.5) is 0 Å². The first-order valence-electron chi connectivity index (χ1n) is 13.6. The first-order chi connectivity index (χ1) is 18.3. The average Bonchev–Trinajstić information content (AvgIpc) is 2.91. The zero-order chi connectivity index (χ0) is 23.8. The average molecular weight is 468 g/mol. The minimum atomic E-state index is 0.282. The van der Waals surface area contributed by atoms with Crippen molar-refractivity contribution in [3.05, 3.63) is 129 Å². The van der Waals surface area contributed by atoms with Crippen LogP contribution in [-0.2, 0) is 25.7 Å². The highest BCUT2D eigenvalue weighted by molar-refractivity contribution is 7.00. The highest BCUT2D eigenvalue weighted by Gasteiger charge is 2.41. The van der Waals surface area contributed by atoms with E-state index < -0.39 is 0 Å². The Morgan fingerprint density at radius 2 is 0.838 bits per heavy atom. The Morgan fingerprint density at radius 3 is 1.32 bits per heavy atom. The summed E-state index contributed by atoms with van der Waals surface area (Å²) in [5.41, 5.74) is 20.9. The zero-order valence-electron chi connectivity index (χ0n) is 20.5. The predicted molar refractivity (Wildman–Crippen MR) is 153 cm³/mol. The molecule has 0 fully saturated rings. The number of hydrogen-bond acceptors (Lipinski definition) is 1. The first-order valence-corrected chi connectivity index (χ1v) is 13.6. The maximum absolute atomic E-state index is 6.61. The molecule has 0 spiro atoms. The summed E-state index contributed by atoms with van der Waals surface area (Å²) in [6.07, 6.45) is 4.08. The Morgan fingerprint density at radius 1 is 0.405 bits per heavy atom. The second-order valence-corrected chi connectivity index (χ2v) is 11.6. The van der Waals surface area contributed by atoms with Gasteiger partial charge in [0.2, 0.25) is 13.4 Å². The van der Waals surface area contributed by atoms with Crippen LogP contribution in [0.5, 0.6) is 11.5 Å². The topological polar surface area (TPSA) is 9.23 Å². The molecule has 170 valence electrons. The van der Waals surface area contributed by atoms with Gasteiger partial charge in [0, 0.05) is 0 Å². The maximum atomic E-state index is 6.61. The van der Waals surface area contributed by atoms with Crippen LogP contribution < -0.4 is 37.5 Å². The molecule has 0 saturated carbocycles. The molecule has 6 bridgehead atoms. The van der Waals surface area contributed by atoms with Gasteiger partial charge in [-0.25, -0.2) is 0 Å². The zero-order valence-corrected chi connectivity index (χ0v) is 20.5. The van der Waals surface area contributed by atoms with Crippen molar-refractivity contribution in [3.63, 3.8) is 0 Å². The maximum Gasteiger partial charge on any atom is 0.242 e. The smallest absolute Gasteiger partial charge is 0.242 e. The fraction of sp³-hybridized carbons (Fsp3) is 0.118. The van der Waals surface area contributed by atoms with Gasteiger partial charge in [-0.15, -0.1) is 0 Å². The van der Waals surface area contributed by atoms with Crippen LogP contribution in [0.1, 0.15) is 44.5 Å². The largest absolute Gasteiger partial charge is 0.457 e. The van der Waals surface area contributed by atoms with E-state index in [-0.39, 0.29) is 13.4 Å². The molecular weight excluding hydrogens is 446 g/mol. The summed E-state index contributed by atoms with van der Waals surface area (Å²) >= 11 is 0. The monoisotopic (exact) mass is 468 g/mol. The van der Waals surface area contributed by atoms with Crippen molar-refractivity contribution >= 4 is 46.2 Å². The van der Waals surface area contributed by atoms with Crippen molar-refractivity contribution in [1.82, 2.24) is 0 Å². The van der Waals surface area contributed by atoms with Gasteiger partial charge in [-0.2, -0.15) is 0 Å². The van der Waals surface area contributed by atoms with Gasteiger partial charge >= 0.3 is 0 Å². The van der Waals surface area contributed by atoms with Crippen LogP contribution in [0.15, 0.2) is 84.9 Å². The van der Waals surface area contributed by atoms with E-state index in [1.165, 1.54) is 66.4 Å². The lowest BCUT2D eigenvalue weighted by atomic mass is 9.27. The summed E-state index contributed by atoms with van der Waals surface area (Å²) < 4.78 is 6.61. The summed E-state index contributed by atoms with van der Waals surface area (Å²) in [7, 11) is 0. The van der Waals surface area contributed by atoms with E-state index >= 15 is 0 Å². The molecule has 0 atom stereocenters. The van der Waals surface area contributed by atoms with Crippen LogP contribution in [0.3, 0.4) is 0 Å². The lowest BCUT2D eigenvalue weighted by molar-refractivity contribution is 0.483. The number of hydrogen-bond donors (Lipinski definition) is 0. The first kappa shape index (κ1) is 19.2. The minimum absolute atomic E-state index is 0.282. The van der Waals surface area contributed by atoms with Gasteiger partial charge < -0.3 is 4.74 Å². The molecule has 3 heteroatoms. The Kier molecular flexibility index (Phi) is 3.36. The second-order valence-electron chi connectivity index (χ2n) is 11.6. The molecule has 5 aliphatic rings. The SMILES string of the molecule is c1cc2c3c(c1)Cc1cc4c5cc1B3c1cc(ccc1C2)Oc1ccc2c(c1)B5c1c(cccc1C4)C2. The third-order valence-corrected chi connectivity index (χ3v) is 9.79. The van der Waals surface area contributed by atoms with Gasteiger partial charge in [-0.1, -0.05) is 93.4 Å². The minimum Gasteiger partial charge on any atom is -0.457 e. The van der Waals surface area contributed by atoms with Crippen LogP contribution in [0.25, 0.3) is 0 Å². The third-order valence-electron chi connectivity index (χ3n) is 9.79. The summed E-state index contributed by atoms with van der Waals surface area (Å²) in [6, 6.07) is 32.8. The summed E-state index contributed by atoms with van der Waals surface area (Å²) in [5.74, 6) is 1.90. The van der Waals surface area contributed by atoms with Crippen molar-refractivity contribution in [1.29, 1.82) is 0 Å². The van der Waals surface area contributed by atoms with Crippen LogP contribution >= 0.6 is 0 Å². The van der Waals surface area contributed by atoms with Crippen molar-refractivity contribution < 1.29 is 4.74 Å². The van der Waals surface area contributed by atoms with E-state index in [0.29, 0.717) is 0 Å². The normalized spacial score (nSPS) is 15.8. The van der Waals surface area contributed by atoms with E-state index in [0.717, 1.165) is 37.2 Å². The Balaban J connectivity index is 1.35. The summed E-state index contributed by atoms with van der Waals surface area (Å²) in [5, 5.41) is 0. The van der Waals surface area contributed by atoms with Crippen molar-refractivity contribution in [2.75, 3.05) is 0 Å². The van der Waals surface area contributed by atoms with Crippen LogP contribution in [0, 0.1) is 0 Å². The molecule has 1 nitrogen and oxygen atoms in total. The lowest BCUT2D eigenvalue weighted by Gasteiger charge is -2.38. The highest BCUT2D eigenvalue weighted by atomic mass is 16.5. The standard InChI is InChI=1S/C34H22B2O/c1-3-21-11-19-7-9-27-16-29(19)35-31-18-32-26(15-25(31)13-23(5-1)33(21)35)14-24-6-2-4-22-12-20-8-10-28(37-27)17-30(20)36(32)34(22)24/h1-10,15-18H,11-14H2. The predicted octanol–water partition coefficient (Wildman–Crippen LogP) is 2.44. The van der Waals surface area contributed by atoms with E-state index in [9.17, 15) is 0 Å². The lowest BCUT2D eigenvalue weighted by Crippen LogP contribution is -2.65. The van der Waals surface area contributed by atoms with Gasteiger partial charge in [0.1, 0.15) is 11.5 Å². The van der Waals surface area contributed by atoms with Crippen LogP contribution in [-0.4, -0.2) is 13.4 Å². The Hall–Kier alpha value is -3.97. The van der Waals surface area contributed by atoms with E-state index in [1.54, 1.807) is 10.9 Å². The molecule has 37 heavy (non-hydrogen) atoms. The summed E-state index contributed by atoms with van der Waals surface area (Å²) in [4.78, 5) is 0. The molecule has 5 aromatic carbocycles. The molecule has 0 N–H and O–H groups in total. The molecule has 0 amide bonds. The number of benzene rings is 5. The van der Waals surface area contributed by atoms with Gasteiger partial charge in [0.15, 0.2) is 0 Å². The number of rotatable bonds is 0. The Labute approximate surface area is 217 Å². The van der Waals surface area contributed by atoms with E-state index in [1.807, 2.05) is 0 Å². The molecule has 5 aliphatic heterocycles. The fourth-order valence-corrected chi connectivity index (χ4v) is 8.31. The van der Waals surface area contributed by atoms with Gasteiger partial charge in [-0.3, -0.25) is 0 Å². The molecule has 5 aromatic rings. The van der Waals surface area contributed by atoms with Crippen molar-refractivity contribution in [2.45, 2.75) is 25.7 Å². The molecule has 0 radical (unpaired) electrons. The molecule has 5 heterocycles. The van der Waals surface area contributed by atoms with E-state index in [2.05, 4.69) is 84.9 Å². The quantitative estimate of drug-likeness (QED) is 0.311. The molecule has 10 rings (SSSR count). The van der Waals surface area contributed by atoms with Crippen molar-refractivity contribution in [2.24, 2.45) is 0 Å².